The number of fused-ring (bicyclic) bond motifs is 1. The average Bonchev–Trinajstić information content (AvgIpc) is 3.03. The molecule has 1 unspecified atom stereocenters. The highest BCUT2D eigenvalue weighted by atomic mass is 16.6. The van der Waals surface area contributed by atoms with Crippen LogP contribution in [0.5, 0.6) is 0 Å². The lowest BCUT2D eigenvalue weighted by atomic mass is 10.1. The van der Waals surface area contributed by atoms with Crippen LogP contribution in [-0.2, 0) is 9.53 Å². The molecule has 10 heteroatoms. The lowest BCUT2D eigenvalue weighted by Gasteiger charge is -2.20. The fraction of sp³-hybridized carbons (Fsp3) is 0.333. The summed E-state index contributed by atoms with van der Waals surface area (Å²) in [4.78, 5) is 52.1. The van der Waals surface area contributed by atoms with Gasteiger partial charge in [-0.05, 0) is 44.4 Å². The van der Waals surface area contributed by atoms with Crippen LogP contribution in [-0.4, -0.2) is 51.8 Å². The summed E-state index contributed by atoms with van der Waals surface area (Å²) in [6.45, 7) is 2.28. The van der Waals surface area contributed by atoms with Crippen LogP contribution in [0.1, 0.15) is 46.9 Å². The Balaban J connectivity index is 1.34. The van der Waals surface area contributed by atoms with Crippen molar-refractivity contribution in [3.8, 4) is 0 Å². The first-order valence-corrected chi connectivity index (χ1v) is 9.88. The summed E-state index contributed by atoms with van der Waals surface area (Å²) >= 11 is 0. The minimum Gasteiger partial charge on any atom is -0.464 e. The number of hydrogen-bond acceptors (Lipinski definition) is 8. The Labute approximate surface area is 178 Å². The summed E-state index contributed by atoms with van der Waals surface area (Å²) in [5, 5.41) is 13.7. The minimum atomic E-state index is -0.998. The predicted octanol–water partition coefficient (Wildman–Crippen LogP) is 2.80. The van der Waals surface area contributed by atoms with Gasteiger partial charge in [-0.2, -0.15) is 0 Å². The zero-order valence-corrected chi connectivity index (χ0v) is 16.9. The van der Waals surface area contributed by atoms with E-state index in [4.69, 9.17) is 4.74 Å². The molecule has 1 atom stereocenters. The average molecular weight is 426 g/mol. The molecular weight excluding hydrogens is 404 g/mol. The maximum absolute atomic E-state index is 12.4. The second kappa shape index (κ2) is 9.79. The number of amides is 2. The molecule has 0 aliphatic carbocycles. The highest BCUT2D eigenvalue weighted by molar-refractivity contribution is 6.22. The van der Waals surface area contributed by atoms with Crippen LogP contribution < -0.4 is 5.32 Å². The summed E-state index contributed by atoms with van der Waals surface area (Å²) in [6, 6.07) is 8.39. The number of ether oxygens (including phenoxy) is 1. The first-order valence-electron chi connectivity index (χ1n) is 9.88. The van der Waals surface area contributed by atoms with Gasteiger partial charge in [-0.1, -0.05) is 12.1 Å². The van der Waals surface area contributed by atoms with E-state index in [0.717, 1.165) is 17.7 Å². The number of hydrogen-bond donors (Lipinski definition) is 1. The van der Waals surface area contributed by atoms with Crippen molar-refractivity contribution >= 4 is 29.3 Å². The van der Waals surface area contributed by atoms with Gasteiger partial charge in [0.05, 0.1) is 22.7 Å². The van der Waals surface area contributed by atoms with Crippen molar-refractivity contribution in [2.45, 2.75) is 32.2 Å². The number of imide groups is 1. The third kappa shape index (κ3) is 5.03. The molecular formula is C21H22N4O6. The molecule has 2 amide bonds. The molecule has 1 aliphatic heterocycles. The van der Waals surface area contributed by atoms with Crippen LogP contribution in [0, 0.1) is 10.1 Å². The number of nitro groups is 1. The molecule has 0 bridgehead atoms. The van der Waals surface area contributed by atoms with Gasteiger partial charge in [0.25, 0.3) is 17.5 Å². The quantitative estimate of drug-likeness (QED) is 0.202. The normalized spacial score (nSPS) is 13.6. The third-order valence-electron chi connectivity index (χ3n) is 4.88. The molecule has 0 saturated heterocycles. The van der Waals surface area contributed by atoms with Crippen molar-refractivity contribution in [2.75, 3.05) is 18.5 Å². The number of carbonyl (C=O) groups excluding carboxylic acids is 3. The summed E-state index contributed by atoms with van der Waals surface area (Å²) in [7, 11) is 0. The summed E-state index contributed by atoms with van der Waals surface area (Å²) < 4.78 is 5.23. The summed E-state index contributed by atoms with van der Waals surface area (Å²) in [5.41, 5.74) is 0.520. The van der Waals surface area contributed by atoms with Crippen LogP contribution in [0.15, 0.2) is 42.6 Å². The number of unbranched alkanes of at least 4 members (excludes halogenated alkanes) is 2. The van der Waals surface area contributed by atoms with Gasteiger partial charge in [0.15, 0.2) is 0 Å². The van der Waals surface area contributed by atoms with Gasteiger partial charge in [0.2, 0.25) is 0 Å². The van der Waals surface area contributed by atoms with Crippen LogP contribution in [0.25, 0.3) is 0 Å². The molecule has 0 fully saturated rings. The molecule has 1 N–H and O–H groups in total. The fourth-order valence-corrected chi connectivity index (χ4v) is 3.18. The molecule has 0 radical (unpaired) electrons. The van der Waals surface area contributed by atoms with E-state index >= 15 is 0 Å². The van der Waals surface area contributed by atoms with Crippen LogP contribution in [0.2, 0.25) is 0 Å². The van der Waals surface area contributed by atoms with E-state index in [0.29, 0.717) is 29.9 Å². The molecule has 1 aromatic heterocycles. The summed E-state index contributed by atoms with van der Waals surface area (Å²) in [5.74, 6) is -1.05. The molecule has 31 heavy (non-hydrogen) atoms. The van der Waals surface area contributed by atoms with Crippen molar-refractivity contribution in [3.05, 3.63) is 63.8 Å². The van der Waals surface area contributed by atoms with Gasteiger partial charge in [0, 0.05) is 12.6 Å². The standard InChI is InChI=1S/C21H22N4O6/c1-14(24-19(26)16-7-3-4-8-17(16)20(24)27)21(28)31-12-6-2-5-11-22-18-10-9-15(13-23-18)25(29)30/h3-4,7-10,13-14H,2,5-6,11-12H2,1H3,(H,22,23). The highest BCUT2D eigenvalue weighted by Gasteiger charge is 2.41. The number of nitrogens with one attached hydrogen (secondary N) is 1. The third-order valence-corrected chi connectivity index (χ3v) is 4.88. The van der Waals surface area contributed by atoms with Crippen molar-refractivity contribution in [2.24, 2.45) is 0 Å². The molecule has 2 heterocycles. The van der Waals surface area contributed by atoms with Gasteiger partial charge in [-0.25, -0.2) is 9.78 Å². The van der Waals surface area contributed by atoms with Crippen molar-refractivity contribution in [1.82, 2.24) is 9.88 Å². The Morgan fingerprint density at radius 2 is 1.81 bits per heavy atom. The zero-order valence-electron chi connectivity index (χ0n) is 16.9. The van der Waals surface area contributed by atoms with Crippen LogP contribution in [0.4, 0.5) is 11.5 Å². The van der Waals surface area contributed by atoms with Gasteiger partial charge >= 0.3 is 5.97 Å². The number of esters is 1. The van der Waals surface area contributed by atoms with Gasteiger partial charge < -0.3 is 10.1 Å². The molecule has 1 aromatic carbocycles. The lowest BCUT2D eigenvalue weighted by Crippen LogP contribution is -2.43. The van der Waals surface area contributed by atoms with E-state index in [9.17, 15) is 24.5 Å². The lowest BCUT2D eigenvalue weighted by molar-refractivity contribution is -0.385. The topological polar surface area (TPSA) is 132 Å². The largest absolute Gasteiger partial charge is 0.464 e. The number of benzene rings is 1. The monoisotopic (exact) mass is 426 g/mol. The second-order valence-corrected chi connectivity index (χ2v) is 7.02. The van der Waals surface area contributed by atoms with Gasteiger partial charge in [0.1, 0.15) is 18.1 Å². The van der Waals surface area contributed by atoms with E-state index in [1.165, 1.54) is 19.2 Å². The number of carbonyl (C=O) groups is 3. The highest BCUT2D eigenvalue weighted by Crippen LogP contribution is 2.24. The van der Waals surface area contributed by atoms with E-state index in [1.807, 2.05) is 0 Å². The van der Waals surface area contributed by atoms with E-state index in [2.05, 4.69) is 10.3 Å². The van der Waals surface area contributed by atoms with Crippen LogP contribution >= 0.6 is 0 Å². The first kappa shape index (κ1) is 21.9. The SMILES string of the molecule is CC(C(=O)OCCCCCNc1ccc([N+](=O)[O-])cn1)N1C(=O)c2ccccc2C1=O. The molecule has 0 saturated carbocycles. The van der Waals surface area contributed by atoms with E-state index in [-0.39, 0.29) is 12.3 Å². The molecule has 1 aliphatic rings. The van der Waals surface area contributed by atoms with Gasteiger partial charge in [-0.15, -0.1) is 0 Å². The number of nitrogens with zero attached hydrogens (tertiary/aromatic N) is 3. The molecule has 0 spiro atoms. The number of aromatic nitrogens is 1. The molecule has 2 aromatic rings. The van der Waals surface area contributed by atoms with E-state index < -0.39 is 28.7 Å². The second-order valence-electron chi connectivity index (χ2n) is 7.02. The van der Waals surface area contributed by atoms with Crippen molar-refractivity contribution in [1.29, 1.82) is 0 Å². The smallest absolute Gasteiger partial charge is 0.329 e. The summed E-state index contributed by atoms with van der Waals surface area (Å²) in [6.07, 6.45) is 3.37. The zero-order chi connectivity index (χ0) is 22.4. The number of pyridine rings is 1. The fourth-order valence-electron chi connectivity index (χ4n) is 3.18. The Morgan fingerprint density at radius 3 is 2.39 bits per heavy atom. The number of rotatable bonds is 10. The first-order chi connectivity index (χ1) is 14.9. The Bertz CT molecular complexity index is 957. The number of anilines is 1. The van der Waals surface area contributed by atoms with E-state index in [1.54, 1.807) is 30.3 Å². The van der Waals surface area contributed by atoms with Gasteiger partial charge in [-0.3, -0.25) is 24.6 Å². The molecule has 3 rings (SSSR count). The van der Waals surface area contributed by atoms with Crippen molar-refractivity contribution in [3.63, 3.8) is 0 Å². The minimum absolute atomic E-state index is 0.0668. The van der Waals surface area contributed by atoms with Crippen LogP contribution in [0.3, 0.4) is 0 Å². The molecule has 162 valence electrons. The maximum atomic E-state index is 12.4. The maximum Gasteiger partial charge on any atom is 0.329 e. The Kier molecular flexibility index (Phi) is 6.91. The van der Waals surface area contributed by atoms with Crippen molar-refractivity contribution < 1.29 is 24.0 Å². The predicted molar refractivity (Wildman–Crippen MR) is 111 cm³/mol. The molecule has 10 nitrogen and oxygen atoms in total. The Hall–Kier alpha value is -3.82. The Morgan fingerprint density at radius 1 is 1.13 bits per heavy atom.